The van der Waals surface area contributed by atoms with E-state index in [9.17, 15) is 9.59 Å². The van der Waals surface area contributed by atoms with Crippen molar-refractivity contribution in [3.8, 4) is 0 Å². The number of hydrogen-bond donors (Lipinski definition) is 2. The Bertz CT molecular complexity index is 621. The third kappa shape index (κ3) is 2.95. The Kier molecular flexibility index (Phi) is 3.56. The molecule has 7 nitrogen and oxygen atoms in total. The molecule has 0 atom stereocenters. The fourth-order valence-electron chi connectivity index (χ4n) is 1.49. The molecule has 0 radical (unpaired) electrons. The van der Waals surface area contributed by atoms with Gasteiger partial charge in [0.2, 0.25) is 0 Å². The highest BCUT2D eigenvalue weighted by Gasteiger charge is 2.11. The van der Waals surface area contributed by atoms with Crippen LogP contribution in [-0.4, -0.2) is 31.7 Å². The highest BCUT2D eigenvalue weighted by Crippen LogP contribution is 2.09. The molecule has 0 bridgehead atoms. The number of nitrogens with one attached hydrogen (secondary N) is 1. The van der Waals surface area contributed by atoms with Crippen molar-refractivity contribution in [3.05, 3.63) is 42.0 Å². The summed E-state index contributed by atoms with van der Waals surface area (Å²) in [7, 11) is 0. The first kappa shape index (κ1) is 12.7. The first-order valence-corrected chi connectivity index (χ1v) is 5.63. The van der Waals surface area contributed by atoms with Crippen LogP contribution in [0.25, 0.3) is 0 Å². The summed E-state index contributed by atoms with van der Waals surface area (Å²) in [5.74, 6) is -1.57. The maximum Gasteiger partial charge on any atom is 0.354 e. The molecule has 0 aromatic carbocycles. The molecule has 0 saturated heterocycles. The van der Waals surface area contributed by atoms with Crippen LogP contribution in [0.15, 0.2) is 30.7 Å². The lowest BCUT2D eigenvalue weighted by Gasteiger charge is -2.02. The molecule has 98 valence electrons. The zero-order valence-corrected chi connectivity index (χ0v) is 10.2. The summed E-state index contributed by atoms with van der Waals surface area (Å²) in [5.41, 5.74) is 0.620. The van der Waals surface area contributed by atoms with Crippen molar-refractivity contribution >= 4 is 17.6 Å². The molecule has 2 N–H and O–H groups in total. The molecule has 0 fully saturated rings. The van der Waals surface area contributed by atoms with E-state index in [1.807, 2.05) is 6.92 Å². The fraction of sp³-hybridized carbons (Fsp3) is 0.167. The van der Waals surface area contributed by atoms with Crippen molar-refractivity contribution in [1.29, 1.82) is 0 Å². The van der Waals surface area contributed by atoms with Gasteiger partial charge in [-0.05, 0) is 19.1 Å². The van der Waals surface area contributed by atoms with Gasteiger partial charge < -0.3 is 10.4 Å². The number of aryl methyl sites for hydroxylation is 1. The van der Waals surface area contributed by atoms with E-state index in [-0.39, 0.29) is 11.3 Å². The van der Waals surface area contributed by atoms with Crippen LogP contribution < -0.4 is 5.32 Å². The van der Waals surface area contributed by atoms with Crippen molar-refractivity contribution in [2.45, 2.75) is 13.5 Å². The Morgan fingerprint density at radius 2 is 2.26 bits per heavy atom. The van der Waals surface area contributed by atoms with Gasteiger partial charge in [0.05, 0.1) is 11.9 Å². The Hall–Kier alpha value is -2.70. The minimum atomic E-state index is -1.17. The Balaban J connectivity index is 2.15. The molecule has 0 unspecified atom stereocenters. The molecule has 0 spiro atoms. The monoisotopic (exact) mass is 260 g/mol. The van der Waals surface area contributed by atoms with Crippen LogP contribution in [-0.2, 0) is 6.54 Å². The number of rotatable bonds is 4. The van der Waals surface area contributed by atoms with Gasteiger partial charge in [-0.25, -0.2) is 9.78 Å². The summed E-state index contributed by atoms with van der Waals surface area (Å²) in [5, 5.41) is 15.5. The first-order valence-electron chi connectivity index (χ1n) is 5.63. The standard InChI is InChI=1S/C12H12N4O3/c1-2-16-7-9(6-14-16)15-11(17)8-3-4-13-10(5-8)12(18)19/h3-7H,2H2,1H3,(H,15,17)(H,18,19). The van der Waals surface area contributed by atoms with E-state index in [0.29, 0.717) is 12.2 Å². The van der Waals surface area contributed by atoms with Crippen molar-refractivity contribution in [2.24, 2.45) is 0 Å². The summed E-state index contributed by atoms with van der Waals surface area (Å²) in [6.45, 7) is 2.63. The molecule has 1 amide bonds. The van der Waals surface area contributed by atoms with Gasteiger partial charge in [0.15, 0.2) is 0 Å². The molecule has 0 aliphatic heterocycles. The Morgan fingerprint density at radius 3 is 2.89 bits per heavy atom. The predicted molar refractivity (Wildman–Crippen MR) is 67.1 cm³/mol. The molecule has 2 rings (SSSR count). The average molecular weight is 260 g/mol. The van der Waals surface area contributed by atoms with Crippen molar-refractivity contribution in [1.82, 2.24) is 14.8 Å². The molecule has 2 aromatic heterocycles. The maximum absolute atomic E-state index is 11.9. The van der Waals surface area contributed by atoms with Gasteiger partial charge in [0.25, 0.3) is 5.91 Å². The van der Waals surface area contributed by atoms with Gasteiger partial charge >= 0.3 is 5.97 Å². The number of aromatic nitrogens is 3. The van der Waals surface area contributed by atoms with Gasteiger partial charge in [-0.2, -0.15) is 5.10 Å². The average Bonchev–Trinajstić information content (AvgIpc) is 2.86. The van der Waals surface area contributed by atoms with Crippen LogP contribution in [0.2, 0.25) is 0 Å². The van der Waals surface area contributed by atoms with E-state index in [1.54, 1.807) is 10.9 Å². The van der Waals surface area contributed by atoms with Gasteiger partial charge in [0.1, 0.15) is 5.69 Å². The second-order valence-electron chi connectivity index (χ2n) is 3.77. The normalized spacial score (nSPS) is 10.2. The summed E-state index contributed by atoms with van der Waals surface area (Å²) in [4.78, 5) is 26.3. The van der Waals surface area contributed by atoms with Gasteiger partial charge in [-0.3, -0.25) is 9.48 Å². The summed E-state index contributed by atoms with van der Waals surface area (Å²) >= 11 is 0. The minimum absolute atomic E-state index is 0.170. The lowest BCUT2D eigenvalue weighted by Crippen LogP contribution is -2.13. The van der Waals surface area contributed by atoms with E-state index in [0.717, 1.165) is 0 Å². The quantitative estimate of drug-likeness (QED) is 0.862. The summed E-state index contributed by atoms with van der Waals surface area (Å²) in [6, 6.07) is 2.67. The highest BCUT2D eigenvalue weighted by molar-refractivity contribution is 6.05. The van der Waals surface area contributed by atoms with Gasteiger partial charge in [-0.15, -0.1) is 0 Å². The number of carbonyl (C=O) groups excluding carboxylic acids is 1. The molecular formula is C12H12N4O3. The van der Waals surface area contributed by atoms with E-state index in [4.69, 9.17) is 5.11 Å². The largest absolute Gasteiger partial charge is 0.477 e. The number of aromatic carboxylic acids is 1. The number of carboxylic acid groups (broad SMARTS) is 1. The van der Waals surface area contributed by atoms with Crippen LogP contribution in [0.5, 0.6) is 0 Å². The molecule has 0 aliphatic carbocycles. The number of pyridine rings is 1. The van der Waals surface area contributed by atoms with Gasteiger partial charge in [0, 0.05) is 24.5 Å². The molecule has 7 heteroatoms. The maximum atomic E-state index is 11.9. The number of carbonyl (C=O) groups is 2. The Labute approximate surface area is 108 Å². The summed E-state index contributed by atoms with van der Waals surface area (Å²) in [6.07, 6.45) is 4.51. The second kappa shape index (κ2) is 5.30. The number of anilines is 1. The van der Waals surface area contributed by atoms with Crippen molar-refractivity contribution in [2.75, 3.05) is 5.32 Å². The SMILES string of the molecule is CCn1cc(NC(=O)c2ccnc(C(=O)O)c2)cn1. The van der Waals surface area contributed by atoms with Crippen LogP contribution >= 0.6 is 0 Å². The molecule has 0 saturated carbocycles. The molecule has 0 aliphatic rings. The first-order chi connectivity index (χ1) is 9.10. The second-order valence-corrected chi connectivity index (χ2v) is 3.77. The van der Waals surface area contributed by atoms with E-state index in [1.165, 1.54) is 24.5 Å². The van der Waals surface area contributed by atoms with Crippen LogP contribution in [0.3, 0.4) is 0 Å². The van der Waals surface area contributed by atoms with Gasteiger partial charge in [-0.1, -0.05) is 0 Å². The number of amides is 1. The van der Waals surface area contributed by atoms with Crippen molar-refractivity contribution < 1.29 is 14.7 Å². The number of hydrogen-bond acceptors (Lipinski definition) is 4. The number of nitrogens with zero attached hydrogens (tertiary/aromatic N) is 3. The molecule has 2 aromatic rings. The third-order valence-corrected chi connectivity index (χ3v) is 2.46. The Morgan fingerprint density at radius 1 is 1.47 bits per heavy atom. The predicted octanol–water partition coefficient (Wildman–Crippen LogP) is 1.25. The lowest BCUT2D eigenvalue weighted by molar-refractivity contribution is 0.0690. The van der Waals surface area contributed by atoms with Crippen molar-refractivity contribution in [3.63, 3.8) is 0 Å². The fourth-order valence-corrected chi connectivity index (χ4v) is 1.49. The summed E-state index contributed by atoms with van der Waals surface area (Å²) < 4.78 is 1.67. The van der Waals surface area contributed by atoms with Crippen LogP contribution in [0, 0.1) is 0 Å². The minimum Gasteiger partial charge on any atom is -0.477 e. The topological polar surface area (TPSA) is 97.1 Å². The van der Waals surface area contributed by atoms with Crippen LogP contribution in [0.4, 0.5) is 5.69 Å². The molecule has 2 heterocycles. The number of carboxylic acids is 1. The highest BCUT2D eigenvalue weighted by atomic mass is 16.4. The molecular weight excluding hydrogens is 248 g/mol. The smallest absolute Gasteiger partial charge is 0.354 e. The third-order valence-electron chi connectivity index (χ3n) is 2.46. The van der Waals surface area contributed by atoms with Crippen LogP contribution in [0.1, 0.15) is 27.8 Å². The van der Waals surface area contributed by atoms with E-state index >= 15 is 0 Å². The zero-order valence-electron chi connectivity index (χ0n) is 10.2. The lowest BCUT2D eigenvalue weighted by atomic mass is 10.2. The van der Waals surface area contributed by atoms with E-state index in [2.05, 4.69) is 15.4 Å². The zero-order chi connectivity index (χ0) is 13.8. The molecule has 19 heavy (non-hydrogen) atoms. The van der Waals surface area contributed by atoms with E-state index < -0.39 is 11.9 Å².